The number of aromatic nitrogens is 4. The first-order valence-electron chi connectivity index (χ1n) is 13.0. The molecule has 0 radical (unpaired) electrons. The number of piperidine rings is 2. The van der Waals surface area contributed by atoms with Crippen LogP contribution in [0.4, 0.5) is 17.6 Å². The Labute approximate surface area is 208 Å². The van der Waals surface area contributed by atoms with Crippen LogP contribution in [-0.2, 0) is 14.2 Å². The van der Waals surface area contributed by atoms with Gasteiger partial charge in [-0.1, -0.05) is 0 Å². The molecular formula is C24H39N7O4. The maximum absolute atomic E-state index is 7.31. The minimum Gasteiger partial charge on any atom is -0.384 e. The van der Waals surface area contributed by atoms with Gasteiger partial charge in [0.05, 0.1) is 19.1 Å². The van der Waals surface area contributed by atoms with Crippen molar-refractivity contribution in [1.82, 2.24) is 19.9 Å². The van der Waals surface area contributed by atoms with Gasteiger partial charge < -0.3 is 29.1 Å². The minimum absolute atomic E-state index is 0.0134. The Kier molecular flexibility index (Phi) is 8.75. The molecule has 2 saturated heterocycles. The van der Waals surface area contributed by atoms with E-state index in [1.54, 1.807) is 26.2 Å². The Morgan fingerprint density at radius 1 is 0.800 bits per heavy atom. The van der Waals surface area contributed by atoms with Crippen molar-refractivity contribution < 1.29 is 19.3 Å². The van der Waals surface area contributed by atoms with E-state index < -0.39 is 0 Å². The van der Waals surface area contributed by atoms with Crippen LogP contribution in [0.25, 0.3) is 11.0 Å². The van der Waals surface area contributed by atoms with Crippen LogP contribution in [0.1, 0.15) is 50.3 Å². The molecule has 2 aliphatic rings. The zero-order valence-electron chi connectivity index (χ0n) is 22.2. The monoisotopic (exact) mass is 490 g/mol. The summed E-state index contributed by atoms with van der Waals surface area (Å²) in [5.41, 5.74) is 1.46. The lowest BCUT2D eigenvalue weighted by atomic mass is 10.1. The molecule has 0 aromatic carbocycles. The number of aliphatic hydroxyl groups excluding tert-OH is 1. The lowest BCUT2D eigenvalue weighted by Crippen LogP contribution is -2.34. The van der Waals surface area contributed by atoms with Crippen LogP contribution in [0.2, 0.25) is 0 Å². The van der Waals surface area contributed by atoms with Crippen molar-refractivity contribution in [2.75, 3.05) is 88.9 Å². The lowest BCUT2D eigenvalue weighted by Gasteiger charge is -2.32. The second-order valence-electron chi connectivity index (χ2n) is 9.24. The third kappa shape index (κ3) is 5.91. The highest BCUT2D eigenvalue weighted by Crippen LogP contribution is 2.34. The van der Waals surface area contributed by atoms with Crippen molar-refractivity contribution in [2.24, 2.45) is 0 Å². The van der Waals surface area contributed by atoms with E-state index in [1.807, 2.05) is 0 Å². The number of rotatable bonds is 12. The number of anilines is 3. The number of hydrogen-bond donors (Lipinski definition) is 1. The van der Waals surface area contributed by atoms with Crippen LogP contribution < -0.4 is 14.7 Å². The van der Waals surface area contributed by atoms with Gasteiger partial charge >= 0.3 is 0 Å². The number of aliphatic hydroxyl groups is 1. The number of fused-ring (bicyclic) bond motifs is 1. The Hall–Kier alpha value is -2.34. The molecule has 11 nitrogen and oxygen atoms in total. The maximum Gasteiger partial charge on any atom is 0.231 e. The summed E-state index contributed by atoms with van der Waals surface area (Å²) in [5, 5.41) is 4.69. The lowest BCUT2D eigenvalue weighted by molar-refractivity contribution is 0.114. The number of ether oxygens (including phenoxy) is 3. The van der Waals surface area contributed by atoms with Crippen LogP contribution in [0.5, 0.6) is 0 Å². The Bertz CT molecular complexity index is 884. The van der Waals surface area contributed by atoms with E-state index in [0.717, 1.165) is 69.0 Å². The zero-order chi connectivity index (χ0) is 25.3. The molecule has 0 atom stereocenters. The van der Waals surface area contributed by atoms with Crippen molar-refractivity contribution in [3.05, 3.63) is 5.82 Å². The van der Waals surface area contributed by atoms with Gasteiger partial charge in [0, 0.05) is 47.5 Å². The summed E-state index contributed by atoms with van der Waals surface area (Å²) in [4.78, 5) is 26.3. The van der Waals surface area contributed by atoms with Crippen molar-refractivity contribution in [3.63, 3.8) is 0 Å². The van der Waals surface area contributed by atoms with E-state index in [4.69, 9.17) is 40.7 Å². The van der Waals surface area contributed by atoms with Gasteiger partial charge in [-0.25, -0.2) is 15.0 Å². The van der Waals surface area contributed by atoms with E-state index >= 15 is 0 Å². The molecule has 2 aliphatic heterocycles. The van der Waals surface area contributed by atoms with Crippen LogP contribution in [0.15, 0.2) is 0 Å². The fraction of sp³-hybridized carbons (Fsp3) is 0.750. The quantitative estimate of drug-likeness (QED) is 0.442. The Balaban J connectivity index is 1.94. The normalized spacial score (nSPS) is 17.3. The molecule has 35 heavy (non-hydrogen) atoms. The van der Waals surface area contributed by atoms with Crippen LogP contribution >= 0.6 is 0 Å². The average molecular weight is 491 g/mol. The second kappa shape index (κ2) is 12.6. The molecule has 0 aliphatic carbocycles. The smallest absolute Gasteiger partial charge is 0.231 e. The molecule has 2 fully saturated rings. The van der Waals surface area contributed by atoms with Gasteiger partial charge in [-0.15, -0.1) is 0 Å². The summed E-state index contributed by atoms with van der Waals surface area (Å²) in [5.74, 6) is 2.62. The molecule has 194 valence electrons. The van der Waals surface area contributed by atoms with Crippen LogP contribution in [0.3, 0.4) is 0 Å². The summed E-state index contributed by atoms with van der Waals surface area (Å²) >= 11 is 0. The first-order chi connectivity index (χ1) is 17.7. The van der Waals surface area contributed by atoms with Gasteiger partial charge in [0.15, 0.2) is 11.6 Å². The van der Waals surface area contributed by atoms with Crippen molar-refractivity contribution in [3.8, 4) is 0 Å². The molecular weight excluding hydrogens is 450 g/mol. The molecule has 2 aromatic rings. The van der Waals surface area contributed by atoms with Gasteiger partial charge in [-0.05, 0) is 38.5 Å². The summed E-state index contributed by atoms with van der Waals surface area (Å²) in [7, 11) is 4.97. The zero-order valence-corrected chi connectivity index (χ0v) is 21.2. The van der Waals surface area contributed by atoms with Crippen LogP contribution in [0, 0.1) is 0 Å². The molecule has 11 heteroatoms. The van der Waals surface area contributed by atoms with Crippen molar-refractivity contribution >= 4 is 28.6 Å². The highest BCUT2D eigenvalue weighted by atomic mass is 16.5. The number of methoxy groups -OCH3 is 3. The largest absolute Gasteiger partial charge is 0.384 e. The van der Waals surface area contributed by atoms with Crippen LogP contribution in [-0.4, -0.2) is 101 Å². The molecule has 0 saturated carbocycles. The fourth-order valence-electron chi connectivity index (χ4n) is 4.88. The summed E-state index contributed by atoms with van der Waals surface area (Å²) in [6.07, 6.45) is 6.85. The summed E-state index contributed by atoms with van der Waals surface area (Å²) in [6, 6.07) is 0. The van der Waals surface area contributed by atoms with E-state index in [9.17, 15) is 0 Å². The molecule has 0 unspecified atom stereocenters. The van der Waals surface area contributed by atoms with E-state index in [2.05, 4.69) is 9.80 Å². The Morgan fingerprint density at radius 3 is 1.91 bits per heavy atom. The number of nitrogens with zero attached hydrogens (tertiary/aromatic N) is 7. The predicted molar refractivity (Wildman–Crippen MR) is 135 cm³/mol. The van der Waals surface area contributed by atoms with Gasteiger partial charge in [0.1, 0.15) is 30.3 Å². The maximum atomic E-state index is 7.31. The molecule has 1 N–H and O–H groups in total. The summed E-state index contributed by atoms with van der Waals surface area (Å²) < 4.78 is 23.7. The third-order valence-electron chi connectivity index (χ3n) is 6.65. The van der Waals surface area contributed by atoms with E-state index in [0.29, 0.717) is 30.5 Å². The summed E-state index contributed by atoms with van der Waals surface area (Å²) in [6.45, 7) is 4.75. The van der Waals surface area contributed by atoms with Gasteiger partial charge in [0.2, 0.25) is 7.38 Å². The highest BCUT2D eigenvalue weighted by Gasteiger charge is 2.27. The minimum atomic E-state index is -0.108. The molecule has 4 rings (SSSR count). The van der Waals surface area contributed by atoms with Gasteiger partial charge in [-0.3, -0.25) is 4.90 Å². The standard InChI is InChI=1S/C24H39N7O4/c1-33-14-18(15-34-2)21-25-19-20(22(27-21)29-10-6-4-7-11-29)26-24(31(16-32)17-35-3)28-23(19)30-12-8-5-9-13-30/h18,32H,4-17H2,1-3H3/i32D. The Morgan fingerprint density at radius 2 is 1.37 bits per heavy atom. The molecule has 0 amide bonds. The average Bonchev–Trinajstić information content (AvgIpc) is 2.92. The van der Waals surface area contributed by atoms with Gasteiger partial charge in [0.25, 0.3) is 0 Å². The second-order valence-corrected chi connectivity index (χ2v) is 9.24. The third-order valence-corrected chi connectivity index (χ3v) is 6.65. The first-order valence-corrected chi connectivity index (χ1v) is 12.6. The molecule has 2 aromatic heterocycles. The molecule has 0 spiro atoms. The first kappa shape index (κ1) is 24.4. The van der Waals surface area contributed by atoms with Crippen molar-refractivity contribution in [1.29, 1.82) is 1.43 Å². The number of hydrogen-bond acceptors (Lipinski definition) is 11. The van der Waals surface area contributed by atoms with Gasteiger partial charge in [-0.2, -0.15) is 4.98 Å². The topological polar surface area (TPSA) is 109 Å². The van der Waals surface area contributed by atoms with E-state index in [-0.39, 0.29) is 19.4 Å². The van der Waals surface area contributed by atoms with E-state index in [1.165, 1.54) is 12.8 Å². The SMILES string of the molecule is [2H]OCN(COC)c1nc(N2CCCCC2)c2nc(C(COC)COC)nc(N3CCCCC3)c2n1. The predicted octanol–water partition coefficient (Wildman–Crippen LogP) is 2.14. The molecule has 0 bridgehead atoms. The molecule has 4 heterocycles. The highest BCUT2D eigenvalue weighted by molar-refractivity contribution is 5.94. The fourth-order valence-corrected chi connectivity index (χ4v) is 4.88. The van der Waals surface area contributed by atoms with Crippen molar-refractivity contribution in [2.45, 2.75) is 44.4 Å².